The predicted molar refractivity (Wildman–Crippen MR) is 139 cm³/mol. The maximum atomic E-state index is 15.7. The minimum absolute atomic E-state index is 0.0225. The number of methoxy groups -OCH3 is 1. The Bertz CT molecular complexity index is 1200. The van der Waals surface area contributed by atoms with E-state index in [2.05, 4.69) is 48.3 Å². The van der Waals surface area contributed by atoms with Crippen molar-refractivity contribution in [1.29, 1.82) is 0 Å². The molecule has 4 aliphatic rings. The number of carbonyl (C=O) groups is 2. The topological polar surface area (TPSA) is 55.4 Å². The summed E-state index contributed by atoms with van der Waals surface area (Å²) in [4.78, 5) is 25.9. The van der Waals surface area contributed by atoms with Crippen LogP contribution in [0.1, 0.15) is 63.9 Å². The van der Waals surface area contributed by atoms with Crippen LogP contribution in [0.25, 0.3) is 0 Å². The first-order valence-electron chi connectivity index (χ1n) is 13.1. The van der Waals surface area contributed by atoms with E-state index in [-0.39, 0.29) is 35.9 Å². The average Bonchev–Trinajstić information content (AvgIpc) is 3.17. The highest BCUT2D eigenvalue weighted by Gasteiger charge is 2.65. The zero-order valence-electron chi connectivity index (χ0n) is 21.7. The van der Waals surface area contributed by atoms with Crippen molar-refractivity contribution < 1.29 is 18.7 Å². The predicted octanol–water partition coefficient (Wildman–Crippen LogP) is 5.80. The van der Waals surface area contributed by atoms with Gasteiger partial charge in [0.05, 0.1) is 5.41 Å². The van der Waals surface area contributed by atoms with Gasteiger partial charge in [-0.15, -0.1) is 5.92 Å². The summed E-state index contributed by atoms with van der Waals surface area (Å²) in [7, 11) is 3.46. The lowest BCUT2D eigenvalue weighted by molar-refractivity contribution is -0.136. The van der Waals surface area contributed by atoms with Gasteiger partial charge in [0.2, 0.25) is 0 Å². The zero-order chi connectivity index (χ0) is 25.7. The third kappa shape index (κ3) is 3.60. The van der Waals surface area contributed by atoms with Crippen molar-refractivity contribution in [2.24, 2.45) is 22.7 Å². The largest absolute Gasteiger partial charge is 0.388 e. The first kappa shape index (κ1) is 25.0. The second kappa shape index (κ2) is 9.30. The molecule has 0 bridgehead atoms. The molecule has 1 aromatic carbocycles. The third-order valence-corrected chi connectivity index (χ3v) is 9.64. The number of allylic oxidation sites excluding steroid dienone is 4. The number of Topliss-reactive ketones (excluding diaryl/α,β-unsaturated/α-hetero) is 1. The molecule has 0 spiro atoms. The van der Waals surface area contributed by atoms with Crippen LogP contribution < -0.4 is 5.32 Å². The summed E-state index contributed by atoms with van der Waals surface area (Å²) in [5.41, 5.74) is 3.98. The number of hydrogen-bond acceptors (Lipinski definition) is 4. The van der Waals surface area contributed by atoms with E-state index in [1.54, 1.807) is 20.1 Å². The molecule has 4 aliphatic carbocycles. The lowest BCUT2D eigenvalue weighted by atomic mass is 9.48. The molecule has 5 rings (SSSR count). The van der Waals surface area contributed by atoms with E-state index in [4.69, 9.17) is 4.74 Å². The van der Waals surface area contributed by atoms with Crippen molar-refractivity contribution in [3.05, 3.63) is 52.6 Å². The highest BCUT2D eigenvalue weighted by atomic mass is 19.1. The molecule has 2 saturated carbocycles. The van der Waals surface area contributed by atoms with Gasteiger partial charge in [-0.1, -0.05) is 30.6 Å². The fourth-order valence-electron chi connectivity index (χ4n) is 8.04. The summed E-state index contributed by atoms with van der Waals surface area (Å²) in [6.07, 6.45) is 4.13. The Morgan fingerprint density at radius 1 is 1.25 bits per heavy atom. The summed E-state index contributed by atoms with van der Waals surface area (Å²) in [5.74, 6) is 6.77. The van der Waals surface area contributed by atoms with E-state index in [0.29, 0.717) is 31.3 Å². The zero-order valence-corrected chi connectivity index (χ0v) is 21.7. The summed E-state index contributed by atoms with van der Waals surface area (Å²) >= 11 is 0. The van der Waals surface area contributed by atoms with Crippen molar-refractivity contribution >= 4 is 17.3 Å². The van der Waals surface area contributed by atoms with Gasteiger partial charge in [0.1, 0.15) is 12.8 Å². The molecule has 2 fully saturated rings. The van der Waals surface area contributed by atoms with Crippen LogP contribution in [0.2, 0.25) is 0 Å². The van der Waals surface area contributed by atoms with Gasteiger partial charge in [0.15, 0.2) is 11.6 Å². The maximum Gasteiger partial charge on any atom is 0.176 e. The van der Waals surface area contributed by atoms with Crippen LogP contribution in [0.15, 0.2) is 47.1 Å². The molecule has 1 N–H and O–H groups in total. The van der Waals surface area contributed by atoms with E-state index in [0.717, 1.165) is 24.1 Å². The fraction of sp³-hybridized carbons (Fsp3) is 0.548. The number of rotatable bonds is 5. The van der Waals surface area contributed by atoms with E-state index in [1.165, 1.54) is 11.1 Å². The average molecular weight is 490 g/mol. The lowest BCUT2D eigenvalue weighted by Crippen LogP contribution is -2.52. The van der Waals surface area contributed by atoms with Gasteiger partial charge in [0, 0.05) is 32.2 Å². The third-order valence-electron chi connectivity index (χ3n) is 9.64. The molecular weight excluding hydrogens is 453 g/mol. The smallest absolute Gasteiger partial charge is 0.176 e. The van der Waals surface area contributed by atoms with E-state index < -0.39 is 17.0 Å². The minimum atomic E-state index is -1.14. The first-order valence-corrected chi connectivity index (χ1v) is 13.1. The van der Waals surface area contributed by atoms with E-state index in [1.807, 2.05) is 7.05 Å². The molecular formula is C31H36FNO3. The van der Waals surface area contributed by atoms with Crippen molar-refractivity contribution in [2.45, 2.75) is 64.5 Å². The Labute approximate surface area is 213 Å². The van der Waals surface area contributed by atoms with Crippen LogP contribution in [0.3, 0.4) is 0 Å². The van der Waals surface area contributed by atoms with Crippen LogP contribution in [0, 0.1) is 34.5 Å². The number of benzene rings is 1. The molecule has 0 heterocycles. The SMILES string of the molecule is CC#C[C@]1(C(=O)COC)CC[C@H]2[C@@H]3CC(F)C4=CC(=O)CCC4=C3[C@@H](c3ccc(NC)cc3)C[C@@]21C. The Morgan fingerprint density at radius 3 is 2.67 bits per heavy atom. The lowest BCUT2D eigenvalue weighted by Gasteiger charge is -2.55. The molecule has 190 valence electrons. The van der Waals surface area contributed by atoms with Gasteiger partial charge in [-0.05, 0) is 91.2 Å². The van der Waals surface area contributed by atoms with Gasteiger partial charge in [-0.2, -0.15) is 0 Å². The summed E-state index contributed by atoms with van der Waals surface area (Å²) in [6.45, 7) is 4.07. The first-order chi connectivity index (χ1) is 17.3. The summed E-state index contributed by atoms with van der Waals surface area (Å²) in [5, 5.41) is 3.19. The highest BCUT2D eigenvalue weighted by Crippen LogP contribution is 2.69. The van der Waals surface area contributed by atoms with Gasteiger partial charge in [-0.3, -0.25) is 9.59 Å². The number of carbonyl (C=O) groups excluding carboxylic acids is 2. The number of hydrogen-bond donors (Lipinski definition) is 1. The molecule has 6 atom stereocenters. The summed E-state index contributed by atoms with van der Waals surface area (Å²) < 4.78 is 21.0. The molecule has 0 radical (unpaired) electrons. The number of fused-ring (bicyclic) bond motifs is 4. The fourth-order valence-corrected chi connectivity index (χ4v) is 8.04. The molecule has 0 saturated heterocycles. The van der Waals surface area contributed by atoms with Crippen molar-refractivity contribution in [3.8, 4) is 11.8 Å². The Balaban J connectivity index is 1.71. The van der Waals surface area contributed by atoms with Crippen LogP contribution in [-0.2, 0) is 14.3 Å². The van der Waals surface area contributed by atoms with Gasteiger partial charge in [0.25, 0.3) is 0 Å². The molecule has 1 aromatic rings. The molecule has 0 aromatic heterocycles. The van der Waals surface area contributed by atoms with Crippen LogP contribution in [-0.4, -0.2) is 38.5 Å². The van der Waals surface area contributed by atoms with Crippen molar-refractivity contribution in [2.75, 3.05) is 26.1 Å². The van der Waals surface area contributed by atoms with Crippen molar-refractivity contribution in [3.63, 3.8) is 0 Å². The monoisotopic (exact) mass is 489 g/mol. The Kier molecular flexibility index (Phi) is 6.45. The number of nitrogens with one attached hydrogen (secondary N) is 1. The normalized spacial score (nSPS) is 35.1. The number of ketones is 2. The summed E-state index contributed by atoms with van der Waals surface area (Å²) in [6, 6.07) is 8.47. The minimum Gasteiger partial charge on any atom is -0.388 e. The van der Waals surface area contributed by atoms with Crippen LogP contribution in [0.5, 0.6) is 0 Å². The molecule has 5 heteroatoms. The Hall–Kier alpha value is -2.71. The van der Waals surface area contributed by atoms with Crippen molar-refractivity contribution in [1.82, 2.24) is 0 Å². The second-order valence-electron chi connectivity index (χ2n) is 11.1. The van der Waals surface area contributed by atoms with Gasteiger partial charge in [-0.25, -0.2) is 4.39 Å². The van der Waals surface area contributed by atoms with Crippen LogP contribution in [0.4, 0.5) is 10.1 Å². The van der Waals surface area contributed by atoms with E-state index >= 15 is 4.39 Å². The number of anilines is 1. The Morgan fingerprint density at radius 2 is 2.00 bits per heavy atom. The standard InChI is InChI=1S/C31H36FNO3/c1-5-13-31(28(35)18-36-4)14-12-26-24-16-27(32)23-15-21(34)10-11-22(23)29(24)25(17-30(26,31)2)19-6-8-20(33-3)9-7-19/h6-9,15,24-27,33H,10-12,14,16-18H2,1-4H3/t24-,25+,26-,27?,30-,31+/m0/s1. The van der Waals surface area contributed by atoms with Gasteiger partial charge >= 0.3 is 0 Å². The second-order valence-corrected chi connectivity index (χ2v) is 11.1. The number of halogens is 1. The number of ether oxygens (including phenoxy) is 1. The molecule has 36 heavy (non-hydrogen) atoms. The molecule has 0 amide bonds. The molecule has 0 aliphatic heterocycles. The van der Waals surface area contributed by atoms with E-state index in [9.17, 15) is 9.59 Å². The molecule has 1 unspecified atom stereocenters. The number of alkyl halides is 1. The highest BCUT2D eigenvalue weighted by molar-refractivity contribution is 5.93. The van der Waals surface area contributed by atoms with Crippen LogP contribution >= 0.6 is 0 Å². The quantitative estimate of drug-likeness (QED) is 0.531. The van der Waals surface area contributed by atoms with Gasteiger partial charge < -0.3 is 10.1 Å². The maximum absolute atomic E-state index is 15.7. The molecule has 4 nitrogen and oxygen atoms in total.